The van der Waals surface area contributed by atoms with E-state index >= 15 is 0 Å². The summed E-state index contributed by atoms with van der Waals surface area (Å²) in [6.45, 7) is 7.43. The number of amides is 3. The summed E-state index contributed by atoms with van der Waals surface area (Å²) < 4.78 is 5.52. The van der Waals surface area contributed by atoms with Crippen molar-refractivity contribution in [1.82, 2.24) is 10.9 Å². The minimum Gasteiger partial charge on any atom is -0.491 e. The summed E-state index contributed by atoms with van der Waals surface area (Å²) in [7, 11) is 0. The Morgan fingerprint density at radius 2 is 1.21 bits per heavy atom. The van der Waals surface area contributed by atoms with Crippen molar-refractivity contribution in [1.29, 1.82) is 0 Å². The number of nitrogens with one attached hydrogen (secondary N) is 3. The SMILES string of the molecule is CC(C)Oc1ccc(C(=O)NNC(=O)c2ccc(NC(=O)C(C)C)cc2)cc1. The van der Waals surface area contributed by atoms with E-state index in [2.05, 4.69) is 16.2 Å². The minimum atomic E-state index is -0.463. The van der Waals surface area contributed by atoms with Crippen LogP contribution in [0.4, 0.5) is 5.69 Å². The number of hydrogen-bond acceptors (Lipinski definition) is 4. The van der Waals surface area contributed by atoms with Crippen LogP contribution >= 0.6 is 0 Å². The molecular formula is C21H25N3O4. The zero-order valence-electron chi connectivity index (χ0n) is 16.4. The van der Waals surface area contributed by atoms with Crippen molar-refractivity contribution in [2.75, 3.05) is 5.32 Å². The number of rotatable bonds is 6. The van der Waals surface area contributed by atoms with Crippen LogP contribution in [0.5, 0.6) is 5.75 Å². The van der Waals surface area contributed by atoms with Gasteiger partial charge < -0.3 is 10.1 Å². The van der Waals surface area contributed by atoms with Crippen LogP contribution in [0.2, 0.25) is 0 Å². The predicted molar refractivity (Wildman–Crippen MR) is 107 cm³/mol. The lowest BCUT2D eigenvalue weighted by Gasteiger charge is -2.11. The van der Waals surface area contributed by atoms with Crippen molar-refractivity contribution in [2.45, 2.75) is 33.8 Å². The van der Waals surface area contributed by atoms with Gasteiger partial charge in [-0.15, -0.1) is 0 Å². The maximum Gasteiger partial charge on any atom is 0.269 e. The van der Waals surface area contributed by atoms with E-state index in [0.717, 1.165) is 0 Å². The molecule has 28 heavy (non-hydrogen) atoms. The highest BCUT2D eigenvalue weighted by molar-refractivity contribution is 5.99. The summed E-state index contributed by atoms with van der Waals surface area (Å²) in [4.78, 5) is 36.0. The molecule has 0 saturated heterocycles. The van der Waals surface area contributed by atoms with Crippen molar-refractivity contribution in [3.63, 3.8) is 0 Å². The highest BCUT2D eigenvalue weighted by Crippen LogP contribution is 2.14. The Kier molecular flexibility index (Phi) is 7.14. The maximum absolute atomic E-state index is 12.2. The van der Waals surface area contributed by atoms with Crippen LogP contribution < -0.4 is 20.9 Å². The van der Waals surface area contributed by atoms with Crippen LogP contribution in [0.15, 0.2) is 48.5 Å². The summed E-state index contributed by atoms with van der Waals surface area (Å²) >= 11 is 0. The first-order valence-corrected chi connectivity index (χ1v) is 9.04. The molecule has 2 aromatic rings. The van der Waals surface area contributed by atoms with E-state index in [9.17, 15) is 14.4 Å². The molecule has 2 rings (SSSR count). The number of hydrazine groups is 1. The van der Waals surface area contributed by atoms with Gasteiger partial charge in [-0.1, -0.05) is 13.8 Å². The van der Waals surface area contributed by atoms with Crippen molar-refractivity contribution >= 4 is 23.4 Å². The lowest BCUT2D eigenvalue weighted by atomic mass is 10.1. The highest BCUT2D eigenvalue weighted by Gasteiger charge is 2.11. The normalized spacial score (nSPS) is 10.5. The molecule has 0 aliphatic heterocycles. The van der Waals surface area contributed by atoms with E-state index < -0.39 is 11.8 Å². The van der Waals surface area contributed by atoms with E-state index in [4.69, 9.17) is 4.74 Å². The van der Waals surface area contributed by atoms with Gasteiger partial charge in [-0.3, -0.25) is 25.2 Å². The number of carbonyl (C=O) groups excluding carboxylic acids is 3. The number of carbonyl (C=O) groups is 3. The standard InChI is InChI=1S/C21H25N3O4/c1-13(2)19(25)22-17-9-5-15(6-10-17)20(26)23-24-21(27)16-7-11-18(12-8-16)28-14(3)4/h5-14H,1-4H3,(H,22,25)(H,23,26)(H,24,27). The van der Waals surface area contributed by atoms with Gasteiger partial charge in [0.15, 0.2) is 0 Å². The molecule has 7 nitrogen and oxygen atoms in total. The second kappa shape index (κ2) is 9.55. The van der Waals surface area contributed by atoms with Gasteiger partial charge in [0.25, 0.3) is 11.8 Å². The lowest BCUT2D eigenvalue weighted by molar-refractivity contribution is -0.118. The molecule has 0 atom stereocenters. The van der Waals surface area contributed by atoms with Gasteiger partial charge in [0, 0.05) is 22.7 Å². The summed E-state index contributed by atoms with van der Waals surface area (Å²) in [6, 6.07) is 13.0. The van der Waals surface area contributed by atoms with E-state index in [1.165, 1.54) is 0 Å². The van der Waals surface area contributed by atoms with Crippen molar-refractivity contribution in [3.05, 3.63) is 59.7 Å². The van der Waals surface area contributed by atoms with Gasteiger partial charge in [-0.25, -0.2) is 0 Å². The average Bonchev–Trinajstić information content (AvgIpc) is 2.66. The first-order chi connectivity index (χ1) is 13.3. The number of benzene rings is 2. The fourth-order valence-electron chi connectivity index (χ4n) is 2.21. The Morgan fingerprint density at radius 1 is 0.750 bits per heavy atom. The first kappa shape index (κ1) is 21.0. The third-order valence-electron chi connectivity index (χ3n) is 3.72. The van der Waals surface area contributed by atoms with Gasteiger partial charge in [0.2, 0.25) is 5.91 Å². The molecule has 0 bridgehead atoms. The van der Waals surface area contributed by atoms with Crippen LogP contribution in [0.25, 0.3) is 0 Å². The van der Waals surface area contributed by atoms with Crippen molar-refractivity contribution in [3.8, 4) is 5.75 Å². The van der Waals surface area contributed by atoms with Gasteiger partial charge in [0.05, 0.1) is 6.10 Å². The molecule has 0 radical (unpaired) electrons. The third kappa shape index (κ3) is 6.12. The Morgan fingerprint density at radius 3 is 1.64 bits per heavy atom. The topological polar surface area (TPSA) is 96.5 Å². The summed E-state index contributed by atoms with van der Waals surface area (Å²) in [5, 5.41) is 2.74. The molecule has 3 amide bonds. The summed E-state index contributed by atoms with van der Waals surface area (Å²) in [5.74, 6) is -0.473. The zero-order valence-corrected chi connectivity index (χ0v) is 16.4. The molecular weight excluding hydrogens is 358 g/mol. The van der Waals surface area contributed by atoms with Crippen LogP contribution in [-0.4, -0.2) is 23.8 Å². The summed E-state index contributed by atoms with van der Waals surface area (Å²) in [5.41, 5.74) is 6.08. The van der Waals surface area contributed by atoms with Crippen LogP contribution in [0.1, 0.15) is 48.4 Å². The van der Waals surface area contributed by atoms with Gasteiger partial charge in [0.1, 0.15) is 5.75 Å². The molecule has 0 aliphatic carbocycles. The molecule has 3 N–H and O–H groups in total. The fourth-order valence-corrected chi connectivity index (χ4v) is 2.21. The molecule has 0 saturated carbocycles. The lowest BCUT2D eigenvalue weighted by Crippen LogP contribution is -2.41. The van der Waals surface area contributed by atoms with Crippen LogP contribution in [0, 0.1) is 5.92 Å². The Bertz CT molecular complexity index is 828. The third-order valence-corrected chi connectivity index (χ3v) is 3.72. The predicted octanol–water partition coefficient (Wildman–Crippen LogP) is 3.14. The molecule has 0 heterocycles. The van der Waals surface area contributed by atoms with E-state index in [0.29, 0.717) is 22.6 Å². The summed E-state index contributed by atoms with van der Waals surface area (Å²) in [6.07, 6.45) is 0.0454. The molecule has 0 unspecified atom stereocenters. The highest BCUT2D eigenvalue weighted by atomic mass is 16.5. The molecule has 0 spiro atoms. The van der Waals surface area contributed by atoms with Gasteiger partial charge in [-0.2, -0.15) is 0 Å². The van der Waals surface area contributed by atoms with Gasteiger partial charge >= 0.3 is 0 Å². The molecule has 148 valence electrons. The molecule has 0 aliphatic rings. The smallest absolute Gasteiger partial charge is 0.269 e. The van der Waals surface area contributed by atoms with E-state index in [-0.39, 0.29) is 17.9 Å². The van der Waals surface area contributed by atoms with Gasteiger partial charge in [-0.05, 0) is 62.4 Å². The van der Waals surface area contributed by atoms with Crippen molar-refractivity contribution in [2.24, 2.45) is 5.92 Å². The fraction of sp³-hybridized carbons (Fsp3) is 0.286. The quantitative estimate of drug-likeness (QED) is 0.668. The van der Waals surface area contributed by atoms with Crippen molar-refractivity contribution < 1.29 is 19.1 Å². The Labute approximate surface area is 164 Å². The Balaban J connectivity index is 1.89. The molecule has 0 fully saturated rings. The van der Waals surface area contributed by atoms with Crippen LogP contribution in [0.3, 0.4) is 0 Å². The zero-order chi connectivity index (χ0) is 20.7. The Hall–Kier alpha value is -3.35. The maximum atomic E-state index is 12.2. The number of hydrogen-bond donors (Lipinski definition) is 3. The van der Waals surface area contributed by atoms with Crippen LogP contribution in [-0.2, 0) is 4.79 Å². The molecule has 7 heteroatoms. The first-order valence-electron chi connectivity index (χ1n) is 9.04. The minimum absolute atomic E-state index is 0.0454. The number of anilines is 1. The average molecular weight is 383 g/mol. The second-order valence-electron chi connectivity index (χ2n) is 6.82. The number of ether oxygens (including phenoxy) is 1. The van der Waals surface area contributed by atoms with E-state index in [1.807, 2.05) is 13.8 Å². The largest absolute Gasteiger partial charge is 0.491 e. The molecule has 2 aromatic carbocycles. The molecule has 0 aromatic heterocycles. The van der Waals surface area contributed by atoms with E-state index in [1.54, 1.807) is 62.4 Å². The monoisotopic (exact) mass is 383 g/mol. The second-order valence-corrected chi connectivity index (χ2v) is 6.82.